The highest BCUT2D eigenvalue weighted by atomic mass is 35.5. The second-order valence-corrected chi connectivity index (χ2v) is 3.20. The molecule has 13 heavy (non-hydrogen) atoms. The van der Waals surface area contributed by atoms with Crippen LogP contribution < -0.4 is 5.43 Å². The summed E-state index contributed by atoms with van der Waals surface area (Å²) in [5, 5.41) is 4.91. The standard InChI is InChI=1S/C10H9ClN2/c11-9-5-3-8(4-6-9)10-2-1-7-12-13-10/h1-6,12H,7H2. The van der Waals surface area contributed by atoms with Crippen molar-refractivity contribution >= 4 is 17.3 Å². The molecule has 0 bridgehead atoms. The van der Waals surface area contributed by atoms with Gasteiger partial charge in [-0.3, -0.25) is 0 Å². The maximum Gasteiger partial charge on any atom is 0.0899 e. The normalized spacial score (nSPS) is 15.0. The van der Waals surface area contributed by atoms with Crippen LogP contribution in [0.2, 0.25) is 5.02 Å². The van der Waals surface area contributed by atoms with Gasteiger partial charge in [0.1, 0.15) is 0 Å². The molecule has 2 rings (SSSR count). The lowest BCUT2D eigenvalue weighted by Crippen LogP contribution is -2.14. The first-order valence-electron chi connectivity index (χ1n) is 4.09. The molecule has 1 aromatic carbocycles. The van der Waals surface area contributed by atoms with Gasteiger partial charge in [0.05, 0.1) is 12.3 Å². The molecule has 0 fully saturated rings. The number of rotatable bonds is 1. The molecule has 0 radical (unpaired) electrons. The van der Waals surface area contributed by atoms with Gasteiger partial charge in [-0.25, -0.2) is 0 Å². The molecule has 0 aliphatic carbocycles. The molecule has 1 heterocycles. The van der Waals surface area contributed by atoms with Crippen molar-refractivity contribution in [3.8, 4) is 0 Å². The van der Waals surface area contributed by atoms with Crippen LogP contribution in [0.3, 0.4) is 0 Å². The van der Waals surface area contributed by atoms with Gasteiger partial charge in [-0.2, -0.15) is 5.10 Å². The summed E-state index contributed by atoms with van der Waals surface area (Å²) in [4.78, 5) is 0. The summed E-state index contributed by atoms with van der Waals surface area (Å²) in [6, 6.07) is 7.64. The lowest BCUT2D eigenvalue weighted by atomic mass is 10.1. The Bertz CT molecular complexity index is 352. The quantitative estimate of drug-likeness (QED) is 0.725. The first-order valence-corrected chi connectivity index (χ1v) is 4.47. The van der Waals surface area contributed by atoms with E-state index in [0.717, 1.165) is 22.8 Å². The Morgan fingerprint density at radius 1 is 1.23 bits per heavy atom. The number of nitrogens with zero attached hydrogens (tertiary/aromatic N) is 1. The van der Waals surface area contributed by atoms with E-state index in [0.29, 0.717) is 0 Å². The average Bonchev–Trinajstić information content (AvgIpc) is 2.20. The van der Waals surface area contributed by atoms with Crippen LogP contribution in [0.1, 0.15) is 5.56 Å². The van der Waals surface area contributed by atoms with E-state index in [9.17, 15) is 0 Å². The summed E-state index contributed by atoms with van der Waals surface area (Å²) >= 11 is 5.78. The molecule has 0 aromatic heterocycles. The lowest BCUT2D eigenvalue weighted by molar-refractivity contribution is 0.817. The second-order valence-electron chi connectivity index (χ2n) is 2.77. The number of hydrogen-bond donors (Lipinski definition) is 1. The maximum atomic E-state index is 5.78. The molecule has 2 nitrogen and oxygen atoms in total. The molecule has 0 atom stereocenters. The van der Waals surface area contributed by atoms with E-state index in [1.54, 1.807) is 0 Å². The molecule has 0 saturated carbocycles. The smallest absolute Gasteiger partial charge is 0.0899 e. The number of hydrogen-bond acceptors (Lipinski definition) is 2. The van der Waals surface area contributed by atoms with E-state index >= 15 is 0 Å². The van der Waals surface area contributed by atoms with Gasteiger partial charge in [0.25, 0.3) is 0 Å². The Hall–Kier alpha value is -1.28. The van der Waals surface area contributed by atoms with E-state index in [1.807, 2.05) is 36.4 Å². The zero-order valence-electron chi connectivity index (χ0n) is 7.00. The largest absolute Gasteiger partial charge is 0.306 e. The van der Waals surface area contributed by atoms with Crippen LogP contribution >= 0.6 is 11.6 Å². The molecule has 3 heteroatoms. The number of allylic oxidation sites excluding steroid dienone is 1. The highest BCUT2D eigenvalue weighted by Crippen LogP contribution is 2.11. The molecular weight excluding hydrogens is 184 g/mol. The summed E-state index contributed by atoms with van der Waals surface area (Å²) in [6.45, 7) is 0.803. The van der Waals surface area contributed by atoms with Gasteiger partial charge in [-0.1, -0.05) is 29.8 Å². The summed E-state index contributed by atoms with van der Waals surface area (Å²) in [7, 11) is 0. The Labute approximate surface area is 81.9 Å². The minimum Gasteiger partial charge on any atom is -0.306 e. The minimum absolute atomic E-state index is 0.747. The SMILES string of the molecule is Clc1ccc(C2=NNCC=C2)cc1. The summed E-state index contributed by atoms with van der Waals surface area (Å²) in [5.41, 5.74) is 4.94. The third-order valence-electron chi connectivity index (χ3n) is 1.82. The van der Waals surface area contributed by atoms with Gasteiger partial charge in [-0.15, -0.1) is 0 Å². The second kappa shape index (κ2) is 3.62. The van der Waals surface area contributed by atoms with Crippen molar-refractivity contribution in [3.63, 3.8) is 0 Å². The number of halogens is 1. The van der Waals surface area contributed by atoms with Crippen LogP contribution in [-0.4, -0.2) is 12.3 Å². The predicted molar refractivity (Wildman–Crippen MR) is 55.1 cm³/mol. The van der Waals surface area contributed by atoms with Crippen molar-refractivity contribution in [2.45, 2.75) is 0 Å². The topological polar surface area (TPSA) is 24.4 Å². The van der Waals surface area contributed by atoms with Gasteiger partial charge in [-0.05, 0) is 18.2 Å². The molecular formula is C10H9ClN2. The van der Waals surface area contributed by atoms with Crippen LogP contribution in [0, 0.1) is 0 Å². The molecule has 1 N–H and O–H groups in total. The van der Waals surface area contributed by atoms with Gasteiger partial charge in [0, 0.05) is 10.6 Å². The molecule has 1 aliphatic rings. The first kappa shape index (κ1) is 8.32. The van der Waals surface area contributed by atoms with Gasteiger partial charge in [0.15, 0.2) is 0 Å². The zero-order chi connectivity index (χ0) is 9.10. The van der Waals surface area contributed by atoms with Gasteiger partial charge in [0.2, 0.25) is 0 Å². The van der Waals surface area contributed by atoms with Crippen molar-refractivity contribution in [1.82, 2.24) is 5.43 Å². The predicted octanol–water partition coefficient (Wildman–Crippen LogP) is 2.20. The van der Waals surface area contributed by atoms with Crippen molar-refractivity contribution in [3.05, 3.63) is 47.0 Å². The fraction of sp³-hybridized carbons (Fsp3) is 0.100. The fourth-order valence-electron chi connectivity index (χ4n) is 1.17. The third-order valence-corrected chi connectivity index (χ3v) is 2.08. The van der Waals surface area contributed by atoms with Crippen molar-refractivity contribution in [1.29, 1.82) is 0 Å². The van der Waals surface area contributed by atoms with Gasteiger partial charge >= 0.3 is 0 Å². The zero-order valence-corrected chi connectivity index (χ0v) is 7.75. The van der Waals surface area contributed by atoms with E-state index < -0.39 is 0 Å². The van der Waals surface area contributed by atoms with Crippen LogP contribution in [0.4, 0.5) is 0 Å². The minimum atomic E-state index is 0.747. The van der Waals surface area contributed by atoms with Crippen LogP contribution in [0.25, 0.3) is 0 Å². The highest BCUT2D eigenvalue weighted by Gasteiger charge is 2.01. The molecule has 1 aromatic rings. The molecule has 1 aliphatic heterocycles. The number of benzene rings is 1. The van der Waals surface area contributed by atoms with Crippen molar-refractivity contribution < 1.29 is 0 Å². The van der Waals surface area contributed by atoms with Crippen LogP contribution in [-0.2, 0) is 0 Å². The Morgan fingerprint density at radius 3 is 2.62 bits per heavy atom. The summed E-state index contributed by atoms with van der Waals surface area (Å²) in [5.74, 6) is 0. The van der Waals surface area contributed by atoms with E-state index in [1.165, 1.54) is 0 Å². The molecule has 0 saturated heterocycles. The van der Waals surface area contributed by atoms with E-state index in [2.05, 4.69) is 10.5 Å². The van der Waals surface area contributed by atoms with E-state index in [-0.39, 0.29) is 0 Å². The Kier molecular flexibility index (Phi) is 2.32. The average molecular weight is 193 g/mol. The summed E-state index contributed by atoms with van der Waals surface area (Å²) in [6.07, 6.45) is 4.04. The lowest BCUT2D eigenvalue weighted by Gasteiger charge is -2.06. The summed E-state index contributed by atoms with van der Waals surface area (Å²) < 4.78 is 0. The van der Waals surface area contributed by atoms with Crippen LogP contribution in [0.5, 0.6) is 0 Å². The Balaban J connectivity index is 2.30. The molecule has 0 amide bonds. The fourth-order valence-corrected chi connectivity index (χ4v) is 1.30. The number of hydrazone groups is 1. The Morgan fingerprint density at radius 2 is 2.00 bits per heavy atom. The molecule has 0 unspecified atom stereocenters. The van der Waals surface area contributed by atoms with E-state index in [4.69, 9.17) is 11.6 Å². The monoisotopic (exact) mass is 192 g/mol. The van der Waals surface area contributed by atoms with Crippen LogP contribution in [0.15, 0.2) is 41.5 Å². The molecule has 0 spiro atoms. The van der Waals surface area contributed by atoms with Crippen molar-refractivity contribution in [2.24, 2.45) is 5.10 Å². The maximum absolute atomic E-state index is 5.78. The molecule has 66 valence electrons. The van der Waals surface area contributed by atoms with Gasteiger partial charge < -0.3 is 5.43 Å². The highest BCUT2D eigenvalue weighted by molar-refractivity contribution is 6.30. The number of nitrogens with one attached hydrogen (secondary N) is 1. The third kappa shape index (κ3) is 1.90. The van der Waals surface area contributed by atoms with Crippen molar-refractivity contribution in [2.75, 3.05) is 6.54 Å². The first-order chi connectivity index (χ1) is 6.36.